The quantitative estimate of drug-likeness (QED) is 0.699. The van der Waals surface area contributed by atoms with Gasteiger partial charge < -0.3 is 10.1 Å². The van der Waals surface area contributed by atoms with Crippen LogP contribution < -0.4 is 10.1 Å². The van der Waals surface area contributed by atoms with Crippen LogP contribution in [-0.2, 0) is 17.6 Å². The summed E-state index contributed by atoms with van der Waals surface area (Å²) in [7, 11) is 0. The van der Waals surface area contributed by atoms with Gasteiger partial charge in [0, 0.05) is 4.88 Å². The zero-order valence-corrected chi connectivity index (χ0v) is 15.3. The lowest BCUT2D eigenvalue weighted by molar-refractivity contribution is -0.123. The Morgan fingerprint density at radius 2 is 1.88 bits per heavy atom. The molecule has 1 amide bonds. The highest BCUT2D eigenvalue weighted by Gasteiger charge is 2.20. The summed E-state index contributed by atoms with van der Waals surface area (Å²) in [5, 5.41) is 5.19. The zero-order chi connectivity index (χ0) is 17.8. The highest BCUT2D eigenvalue weighted by Crippen LogP contribution is 2.30. The molecule has 132 valence electrons. The molecule has 26 heavy (non-hydrogen) atoms. The van der Waals surface area contributed by atoms with Gasteiger partial charge in [0.1, 0.15) is 5.75 Å². The maximum absolute atomic E-state index is 12.5. The maximum Gasteiger partial charge on any atom is 0.258 e. The molecule has 0 spiro atoms. The Kier molecular flexibility index (Phi) is 5.02. The number of ether oxygens (including phenoxy) is 1. The molecular weight excluding hydrogens is 342 g/mol. The van der Waals surface area contributed by atoms with Crippen molar-refractivity contribution in [3.05, 3.63) is 87.6 Å². The molecule has 0 fully saturated rings. The summed E-state index contributed by atoms with van der Waals surface area (Å²) in [4.78, 5) is 13.6. The Balaban J connectivity index is 1.50. The second kappa shape index (κ2) is 7.75. The lowest BCUT2D eigenvalue weighted by atomic mass is 10.00. The van der Waals surface area contributed by atoms with Gasteiger partial charge in [-0.1, -0.05) is 42.5 Å². The van der Waals surface area contributed by atoms with Crippen LogP contribution in [0.3, 0.4) is 0 Å². The van der Waals surface area contributed by atoms with E-state index < -0.39 is 0 Å². The maximum atomic E-state index is 12.5. The molecule has 0 unspecified atom stereocenters. The summed E-state index contributed by atoms with van der Waals surface area (Å²) >= 11 is 1.66. The van der Waals surface area contributed by atoms with Crippen LogP contribution >= 0.6 is 11.3 Å². The van der Waals surface area contributed by atoms with Crippen molar-refractivity contribution in [1.29, 1.82) is 0 Å². The fourth-order valence-electron chi connectivity index (χ4n) is 3.41. The minimum absolute atomic E-state index is 0.0107. The summed E-state index contributed by atoms with van der Waals surface area (Å²) in [6.45, 7) is 0.0107. The molecule has 0 aliphatic heterocycles. The SMILES string of the molecule is O=C(COc1ccccc1)N[C@H](c1ccc2c(c1)CCC2)c1cccs1. The Labute approximate surface area is 157 Å². The van der Waals surface area contributed by atoms with Crippen LogP contribution in [0.1, 0.15) is 34.0 Å². The average Bonchev–Trinajstić information content (AvgIpc) is 3.36. The van der Waals surface area contributed by atoms with E-state index in [0.29, 0.717) is 5.75 Å². The van der Waals surface area contributed by atoms with E-state index in [0.717, 1.165) is 23.3 Å². The summed E-state index contributed by atoms with van der Waals surface area (Å²) < 4.78 is 5.59. The number of hydrogen-bond donors (Lipinski definition) is 1. The highest BCUT2D eigenvalue weighted by molar-refractivity contribution is 7.10. The fraction of sp³-hybridized carbons (Fsp3) is 0.227. The Morgan fingerprint density at radius 3 is 2.69 bits per heavy atom. The molecule has 2 aromatic carbocycles. The van der Waals surface area contributed by atoms with Gasteiger partial charge in [-0.25, -0.2) is 0 Å². The van der Waals surface area contributed by atoms with Gasteiger partial charge in [-0.3, -0.25) is 4.79 Å². The van der Waals surface area contributed by atoms with Crippen molar-refractivity contribution >= 4 is 17.2 Å². The molecule has 0 saturated carbocycles. The van der Waals surface area contributed by atoms with E-state index in [2.05, 4.69) is 29.6 Å². The van der Waals surface area contributed by atoms with Crippen molar-refractivity contribution in [2.45, 2.75) is 25.3 Å². The van der Waals surface area contributed by atoms with Crippen LogP contribution in [0.25, 0.3) is 0 Å². The average molecular weight is 363 g/mol. The number of para-hydroxylation sites is 1. The number of benzene rings is 2. The van der Waals surface area contributed by atoms with Crippen LogP contribution in [0, 0.1) is 0 Å². The fourth-order valence-corrected chi connectivity index (χ4v) is 4.22. The number of hydrogen-bond acceptors (Lipinski definition) is 3. The summed E-state index contributed by atoms with van der Waals surface area (Å²) in [6, 6.07) is 20.0. The number of carbonyl (C=O) groups is 1. The molecule has 0 radical (unpaired) electrons. The highest BCUT2D eigenvalue weighted by atomic mass is 32.1. The van der Waals surface area contributed by atoms with Crippen molar-refractivity contribution in [1.82, 2.24) is 5.32 Å². The van der Waals surface area contributed by atoms with Crippen LogP contribution in [0.15, 0.2) is 66.0 Å². The topological polar surface area (TPSA) is 38.3 Å². The van der Waals surface area contributed by atoms with Crippen LogP contribution in [0.4, 0.5) is 0 Å². The van der Waals surface area contributed by atoms with Gasteiger partial charge in [-0.05, 0) is 59.5 Å². The van der Waals surface area contributed by atoms with E-state index in [-0.39, 0.29) is 18.6 Å². The minimum Gasteiger partial charge on any atom is -0.484 e. The molecule has 1 heterocycles. The number of amides is 1. The van der Waals surface area contributed by atoms with E-state index in [1.165, 1.54) is 17.5 Å². The van der Waals surface area contributed by atoms with E-state index >= 15 is 0 Å². The van der Waals surface area contributed by atoms with Crippen molar-refractivity contribution < 1.29 is 9.53 Å². The second-order valence-corrected chi connectivity index (χ2v) is 7.48. The third kappa shape index (κ3) is 3.81. The molecule has 3 aromatic rings. The van der Waals surface area contributed by atoms with E-state index in [1.54, 1.807) is 11.3 Å². The van der Waals surface area contributed by atoms with E-state index in [9.17, 15) is 4.79 Å². The molecule has 3 nitrogen and oxygen atoms in total. The molecule has 1 aliphatic rings. The Bertz CT molecular complexity index is 874. The molecule has 1 aromatic heterocycles. The van der Waals surface area contributed by atoms with Gasteiger partial charge in [-0.15, -0.1) is 11.3 Å². The van der Waals surface area contributed by atoms with Gasteiger partial charge in [0.2, 0.25) is 0 Å². The summed E-state index contributed by atoms with van der Waals surface area (Å²) in [6.07, 6.45) is 3.52. The third-order valence-electron chi connectivity index (χ3n) is 4.70. The third-order valence-corrected chi connectivity index (χ3v) is 5.64. The van der Waals surface area contributed by atoms with Gasteiger partial charge in [0.25, 0.3) is 5.91 Å². The van der Waals surface area contributed by atoms with Crippen LogP contribution in [-0.4, -0.2) is 12.5 Å². The number of nitrogens with one attached hydrogen (secondary N) is 1. The van der Waals surface area contributed by atoms with Crippen molar-refractivity contribution in [2.75, 3.05) is 6.61 Å². The predicted octanol–water partition coefficient (Wildman–Crippen LogP) is 4.52. The summed E-state index contributed by atoms with van der Waals surface area (Å²) in [5.41, 5.74) is 4.00. The first-order valence-electron chi connectivity index (χ1n) is 8.92. The van der Waals surface area contributed by atoms with Crippen LogP contribution in [0.5, 0.6) is 5.75 Å². The second-order valence-electron chi connectivity index (χ2n) is 6.50. The molecule has 1 atom stereocenters. The largest absolute Gasteiger partial charge is 0.484 e. The first kappa shape index (κ1) is 16.9. The standard InChI is InChI=1S/C22H21NO2S/c24-21(15-25-19-8-2-1-3-9-19)23-22(20-10-5-13-26-20)18-12-11-16-6-4-7-17(16)14-18/h1-3,5,8-14,22H,4,6-7,15H2,(H,23,24)/t22-/m1/s1. The molecule has 4 rings (SSSR count). The smallest absolute Gasteiger partial charge is 0.258 e. The minimum atomic E-state index is -0.132. The lowest BCUT2D eigenvalue weighted by Crippen LogP contribution is -2.33. The van der Waals surface area contributed by atoms with E-state index in [1.807, 2.05) is 41.8 Å². The number of carbonyl (C=O) groups excluding carboxylic acids is 1. The zero-order valence-electron chi connectivity index (χ0n) is 14.5. The number of fused-ring (bicyclic) bond motifs is 1. The van der Waals surface area contributed by atoms with E-state index in [4.69, 9.17) is 4.74 Å². The van der Waals surface area contributed by atoms with Crippen molar-refractivity contribution in [2.24, 2.45) is 0 Å². The van der Waals surface area contributed by atoms with Gasteiger partial charge in [0.05, 0.1) is 6.04 Å². The predicted molar refractivity (Wildman–Crippen MR) is 105 cm³/mol. The molecule has 0 saturated heterocycles. The van der Waals surface area contributed by atoms with Gasteiger partial charge in [-0.2, -0.15) is 0 Å². The Morgan fingerprint density at radius 1 is 1.04 bits per heavy atom. The summed E-state index contributed by atoms with van der Waals surface area (Å²) in [5.74, 6) is 0.584. The van der Waals surface area contributed by atoms with Crippen LogP contribution in [0.2, 0.25) is 0 Å². The number of aryl methyl sites for hydroxylation is 2. The molecule has 4 heteroatoms. The Hall–Kier alpha value is -2.59. The van der Waals surface area contributed by atoms with Gasteiger partial charge >= 0.3 is 0 Å². The first-order chi connectivity index (χ1) is 12.8. The first-order valence-corrected chi connectivity index (χ1v) is 9.80. The van der Waals surface area contributed by atoms with Crippen molar-refractivity contribution in [3.8, 4) is 5.75 Å². The van der Waals surface area contributed by atoms with Crippen molar-refractivity contribution in [3.63, 3.8) is 0 Å². The molecule has 1 aliphatic carbocycles. The number of thiophene rings is 1. The lowest BCUT2D eigenvalue weighted by Gasteiger charge is -2.19. The number of rotatable bonds is 6. The normalized spacial score (nSPS) is 13.8. The monoisotopic (exact) mass is 363 g/mol. The molecule has 1 N–H and O–H groups in total. The molecule has 0 bridgehead atoms. The molecular formula is C22H21NO2S. The van der Waals surface area contributed by atoms with Gasteiger partial charge in [0.15, 0.2) is 6.61 Å².